The van der Waals surface area contributed by atoms with Gasteiger partial charge in [-0.3, -0.25) is 9.59 Å². The summed E-state index contributed by atoms with van der Waals surface area (Å²) in [5.41, 5.74) is 0. The van der Waals surface area contributed by atoms with Crippen LogP contribution in [0, 0.1) is 0 Å². The monoisotopic (exact) mass is 280 g/mol. The van der Waals surface area contributed by atoms with E-state index in [4.69, 9.17) is 0 Å². The molecule has 8 nitrogen and oxygen atoms in total. The predicted molar refractivity (Wildman–Crippen MR) is 70.5 cm³/mol. The van der Waals surface area contributed by atoms with E-state index >= 15 is 0 Å². The molecule has 0 aliphatic carbocycles. The fourth-order valence-corrected chi connectivity index (χ4v) is 2.18. The lowest BCUT2D eigenvalue weighted by Gasteiger charge is -2.34. The number of nitrogens with zero attached hydrogens (tertiary/aromatic N) is 6. The second kappa shape index (κ2) is 6.97. The number of tetrazole rings is 1. The van der Waals surface area contributed by atoms with Crippen LogP contribution in [0.4, 0.5) is 0 Å². The Morgan fingerprint density at radius 1 is 1.10 bits per heavy atom. The van der Waals surface area contributed by atoms with E-state index in [2.05, 4.69) is 22.4 Å². The molecule has 0 bridgehead atoms. The van der Waals surface area contributed by atoms with E-state index < -0.39 is 0 Å². The molecule has 0 saturated carbocycles. The summed E-state index contributed by atoms with van der Waals surface area (Å²) < 4.78 is 1.40. The summed E-state index contributed by atoms with van der Waals surface area (Å²) in [6.45, 7) is 4.62. The van der Waals surface area contributed by atoms with E-state index in [9.17, 15) is 9.59 Å². The van der Waals surface area contributed by atoms with Gasteiger partial charge < -0.3 is 9.80 Å². The molecule has 2 rings (SSSR count). The van der Waals surface area contributed by atoms with Crippen molar-refractivity contribution < 1.29 is 9.59 Å². The van der Waals surface area contributed by atoms with Gasteiger partial charge in [-0.15, -0.1) is 5.10 Å². The first-order chi connectivity index (χ1) is 9.70. The minimum Gasteiger partial charge on any atom is -0.339 e. The minimum absolute atomic E-state index is 0.0158. The number of carbonyl (C=O) groups is 2. The molecule has 1 fully saturated rings. The zero-order chi connectivity index (χ0) is 14.4. The van der Waals surface area contributed by atoms with Crippen LogP contribution >= 0.6 is 0 Å². The molecule has 1 aliphatic rings. The van der Waals surface area contributed by atoms with Crippen LogP contribution in [0.25, 0.3) is 0 Å². The number of rotatable bonds is 5. The van der Waals surface area contributed by atoms with Gasteiger partial charge in [0.25, 0.3) is 0 Å². The van der Waals surface area contributed by atoms with E-state index in [0.717, 1.165) is 12.8 Å². The highest BCUT2D eigenvalue weighted by Gasteiger charge is 2.23. The Kier molecular flexibility index (Phi) is 5.03. The lowest BCUT2D eigenvalue weighted by molar-refractivity contribution is -0.140. The Morgan fingerprint density at radius 3 is 2.30 bits per heavy atom. The van der Waals surface area contributed by atoms with Gasteiger partial charge >= 0.3 is 0 Å². The van der Waals surface area contributed by atoms with Gasteiger partial charge in [-0.05, 0) is 16.8 Å². The van der Waals surface area contributed by atoms with Gasteiger partial charge in [0.1, 0.15) is 12.9 Å². The molecule has 0 radical (unpaired) electrons. The lowest BCUT2D eigenvalue weighted by Crippen LogP contribution is -2.51. The van der Waals surface area contributed by atoms with Crippen molar-refractivity contribution in [3.8, 4) is 0 Å². The van der Waals surface area contributed by atoms with Crippen LogP contribution < -0.4 is 0 Å². The molecule has 2 amide bonds. The van der Waals surface area contributed by atoms with Gasteiger partial charge in [-0.1, -0.05) is 13.3 Å². The summed E-state index contributed by atoms with van der Waals surface area (Å²) >= 11 is 0. The van der Waals surface area contributed by atoms with E-state index in [0.29, 0.717) is 32.6 Å². The van der Waals surface area contributed by atoms with Crippen LogP contribution in [0.3, 0.4) is 0 Å². The van der Waals surface area contributed by atoms with E-state index in [1.807, 2.05) is 4.90 Å². The molecule has 0 atom stereocenters. The van der Waals surface area contributed by atoms with Crippen LogP contribution in [0.2, 0.25) is 0 Å². The highest BCUT2D eigenvalue weighted by atomic mass is 16.2. The average molecular weight is 280 g/mol. The van der Waals surface area contributed by atoms with Crippen LogP contribution in [-0.2, 0) is 16.1 Å². The molecular weight excluding hydrogens is 260 g/mol. The zero-order valence-electron chi connectivity index (χ0n) is 11.7. The van der Waals surface area contributed by atoms with Gasteiger partial charge in [-0.2, -0.15) is 0 Å². The van der Waals surface area contributed by atoms with Gasteiger partial charge in [0.15, 0.2) is 0 Å². The molecule has 2 heterocycles. The van der Waals surface area contributed by atoms with Crippen molar-refractivity contribution in [2.24, 2.45) is 0 Å². The summed E-state index contributed by atoms with van der Waals surface area (Å²) in [7, 11) is 0. The summed E-state index contributed by atoms with van der Waals surface area (Å²) in [5, 5.41) is 10.7. The van der Waals surface area contributed by atoms with Crippen molar-refractivity contribution >= 4 is 11.8 Å². The van der Waals surface area contributed by atoms with Crippen molar-refractivity contribution in [2.45, 2.75) is 32.7 Å². The van der Waals surface area contributed by atoms with Crippen molar-refractivity contribution in [1.29, 1.82) is 0 Å². The number of unbranched alkanes of at least 4 members (excludes halogenated alkanes) is 1. The summed E-state index contributed by atoms with van der Waals surface area (Å²) in [4.78, 5) is 27.5. The SMILES string of the molecule is CCCCC(=O)N1CCN(C(=O)Cn2cnnn2)CC1. The molecule has 110 valence electrons. The average Bonchev–Trinajstić information content (AvgIpc) is 2.97. The van der Waals surface area contributed by atoms with Crippen molar-refractivity contribution in [2.75, 3.05) is 26.2 Å². The molecule has 20 heavy (non-hydrogen) atoms. The largest absolute Gasteiger partial charge is 0.339 e. The first kappa shape index (κ1) is 14.4. The molecular formula is C12H20N6O2. The first-order valence-corrected chi connectivity index (χ1v) is 6.97. The zero-order valence-corrected chi connectivity index (χ0v) is 11.7. The van der Waals surface area contributed by atoms with Gasteiger partial charge in [0, 0.05) is 32.6 Å². The fraction of sp³-hybridized carbons (Fsp3) is 0.750. The molecule has 8 heteroatoms. The van der Waals surface area contributed by atoms with Crippen molar-refractivity contribution in [3.63, 3.8) is 0 Å². The quantitative estimate of drug-likeness (QED) is 0.728. The van der Waals surface area contributed by atoms with Crippen molar-refractivity contribution in [1.82, 2.24) is 30.0 Å². The molecule has 0 spiro atoms. The maximum absolute atomic E-state index is 12.0. The highest BCUT2D eigenvalue weighted by molar-refractivity contribution is 5.78. The maximum atomic E-state index is 12.0. The molecule has 1 aliphatic heterocycles. The Morgan fingerprint density at radius 2 is 1.75 bits per heavy atom. The second-order valence-corrected chi connectivity index (χ2v) is 4.87. The third-order valence-corrected chi connectivity index (χ3v) is 3.42. The van der Waals surface area contributed by atoms with Crippen LogP contribution in [0.5, 0.6) is 0 Å². The maximum Gasteiger partial charge on any atom is 0.244 e. The van der Waals surface area contributed by atoms with E-state index in [1.54, 1.807) is 4.90 Å². The molecule has 0 aromatic carbocycles. The highest BCUT2D eigenvalue weighted by Crippen LogP contribution is 2.07. The Labute approximate surface area is 117 Å². The number of amides is 2. The molecule has 1 aromatic heterocycles. The molecule has 0 unspecified atom stereocenters. The smallest absolute Gasteiger partial charge is 0.244 e. The lowest BCUT2D eigenvalue weighted by atomic mass is 10.2. The molecule has 1 saturated heterocycles. The van der Waals surface area contributed by atoms with Crippen molar-refractivity contribution in [3.05, 3.63) is 6.33 Å². The summed E-state index contributed by atoms with van der Waals surface area (Å²) in [6.07, 6.45) is 3.98. The van der Waals surface area contributed by atoms with E-state index in [1.165, 1.54) is 11.0 Å². The number of hydrogen-bond donors (Lipinski definition) is 0. The Hall–Kier alpha value is -1.99. The first-order valence-electron chi connectivity index (χ1n) is 6.97. The third-order valence-electron chi connectivity index (χ3n) is 3.42. The second-order valence-electron chi connectivity index (χ2n) is 4.87. The Bertz CT molecular complexity index is 439. The van der Waals surface area contributed by atoms with Crippen LogP contribution in [0.1, 0.15) is 26.2 Å². The van der Waals surface area contributed by atoms with Gasteiger partial charge in [0.05, 0.1) is 0 Å². The van der Waals surface area contributed by atoms with E-state index in [-0.39, 0.29) is 18.4 Å². The summed E-state index contributed by atoms with van der Waals surface area (Å²) in [5.74, 6) is 0.178. The topological polar surface area (TPSA) is 84.2 Å². The number of carbonyl (C=O) groups excluding carboxylic acids is 2. The number of hydrogen-bond acceptors (Lipinski definition) is 5. The standard InChI is InChI=1S/C12H20N6O2/c1-2-3-4-11(19)16-5-7-17(8-6-16)12(20)9-18-10-13-14-15-18/h10H,2-9H2,1H3. The third kappa shape index (κ3) is 3.75. The fourth-order valence-electron chi connectivity index (χ4n) is 2.18. The molecule has 1 aromatic rings. The normalized spacial score (nSPS) is 15.4. The summed E-state index contributed by atoms with van der Waals surface area (Å²) in [6, 6.07) is 0. The number of piperazine rings is 1. The van der Waals surface area contributed by atoms with Crippen LogP contribution in [0.15, 0.2) is 6.33 Å². The number of aromatic nitrogens is 4. The predicted octanol–water partition coefficient (Wildman–Crippen LogP) is -0.466. The Balaban J connectivity index is 1.76. The molecule has 0 N–H and O–H groups in total. The van der Waals surface area contributed by atoms with Crippen LogP contribution in [-0.4, -0.2) is 68.0 Å². The van der Waals surface area contributed by atoms with Gasteiger partial charge in [-0.25, -0.2) is 4.68 Å². The minimum atomic E-state index is -0.0158. The van der Waals surface area contributed by atoms with Gasteiger partial charge in [0.2, 0.25) is 11.8 Å².